The van der Waals surface area contributed by atoms with E-state index in [1.54, 1.807) is 19.1 Å². The summed E-state index contributed by atoms with van der Waals surface area (Å²) in [6, 6.07) is 8.98. The second kappa shape index (κ2) is 7.55. The first-order valence-corrected chi connectivity index (χ1v) is 4.51. The van der Waals surface area contributed by atoms with Gasteiger partial charge in [-0.15, -0.1) is 0 Å². The van der Waals surface area contributed by atoms with E-state index in [0.717, 1.165) is 0 Å². The summed E-state index contributed by atoms with van der Waals surface area (Å²) >= 11 is 0. The number of hydrogen-bond donors (Lipinski definition) is 1. The molecule has 0 saturated carbocycles. The third-order valence-electron chi connectivity index (χ3n) is 1.31. The Morgan fingerprint density at radius 3 is 2.07 bits per heavy atom. The third-order valence-corrected chi connectivity index (χ3v) is 1.31. The van der Waals surface area contributed by atoms with Gasteiger partial charge in [-0.25, -0.2) is 0 Å². The van der Waals surface area contributed by atoms with E-state index >= 15 is 0 Å². The number of rotatable bonds is 2. The molecule has 0 saturated heterocycles. The Labute approximate surface area is 88.5 Å². The lowest BCUT2D eigenvalue weighted by Crippen LogP contribution is -2.00. The van der Waals surface area contributed by atoms with Gasteiger partial charge in [0.15, 0.2) is 0 Å². The Bertz CT molecular complexity index is 306. The van der Waals surface area contributed by atoms with Crippen molar-refractivity contribution in [1.82, 2.24) is 0 Å². The Morgan fingerprint density at radius 2 is 1.73 bits per heavy atom. The number of carboxylic acids is 1. The van der Waals surface area contributed by atoms with Crippen molar-refractivity contribution in [2.75, 3.05) is 0 Å². The predicted molar refractivity (Wildman–Crippen MR) is 55.7 cm³/mol. The second-order valence-corrected chi connectivity index (χ2v) is 2.65. The Kier molecular flexibility index (Phi) is 6.63. The van der Waals surface area contributed by atoms with Crippen LogP contribution >= 0.6 is 0 Å². The van der Waals surface area contributed by atoms with Gasteiger partial charge in [0.25, 0.3) is 0 Å². The Morgan fingerprint density at radius 1 is 1.27 bits per heavy atom. The third kappa shape index (κ3) is 8.49. The van der Waals surface area contributed by atoms with E-state index in [1.807, 2.05) is 18.2 Å². The molecule has 4 nitrogen and oxygen atoms in total. The van der Waals surface area contributed by atoms with E-state index in [2.05, 4.69) is 0 Å². The molecule has 0 spiro atoms. The molecule has 1 aromatic carbocycles. The molecule has 0 radical (unpaired) electrons. The first-order chi connectivity index (χ1) is 7.06. The fourth-order valence-corrected chi connectivity index (χ4v) is 0.655. The number of hydrogen-bond acceptors (Lipinski definition) is 3. The molecule has 1 rings (SSSR count). The van der Waals surface area contributed by atoms with Crippen LogP contribution in [0.25, 0.3) is 0 Å². The highest BCUT2D eigenvalue weighted by molar-refractivity contribution is 5.69. The number of para-hydroxylation sites is 1. The van der Waals surface area contributed by atoms with E-state index in [1.165, 1.54) is 6.92 Å². The molecule has 0 amide bonds. The van der Waals surface area contributed by atoms with Gasteiger partial charge in [-0.2, -0.15) is 0 Å². The number of ether oxygens (including phenoxy) is 1. The SMILES string of the molecule is CC(=O)Oc1ccccc1.CCC(=O)O. The molecule has 0 aliphatic carbocycles. The van der Waals surface area contributed by atoms with Crippen LogP contribution in [-0.4, -0.2) is 17.0 Å². The summed E-state index contributed by atoms with van der Waals surface area (Å²) in [5, 5.41) is 7.72. The number of carbonyl (C=O) groups excluding carboxylic acids is 1. The molecule has 0 aliphatic heterocycles. The summed E-state index contributed by atoms with van der Waals surface area (Å²) in [5.74, 6) is -0.439. The van der Waals surface area contributed by atoms with Crippen LogP contribution in [0.5, 0.6) is 5.75 Å². The Balaban J connectivity index is 0.000000336. The summed E-state index contributed by atoms with van der Waals surface area (Å²) in [7, 11) is 0. The van der Waals surface area contributed by atoms with Gasteiger partial charge in [-0.05, 0) is 12.1 Å². The van der Waals surface area contributed by atoms with Crippen molar-refractivity contribution in [3.8, 4) is 5.75 Å². The number of benzene rings is 1. The van der Waals surface area contributed by atoms with Gasteiger partial charge in [-0.3, -0.25) is 9.59 Å². The topological polar surface area (TPSA) is 63.6 Å². The van der Waals surface area contributed by atoms with Crippen molar-refractivity contribution in [3.05, 3.63) is 30.3 Å². The van der Waals surface area contributed by atoms with Gasteiger partial charge in [0.1, 0.15) is 5.75 Å². The Hall–Kier alpha value is -1.84. The van der Waals surface area contributed by atoms with Crippen LogP contribution in [0.4, 0.5) is 0 Å². The summed E-state index contributed by atoms with van der Waals surface area (Å²) < 4.78 is 4.78. The van der Waals surface area contributed by atoms with Crippen molar-refractivity contribution in [2.45, 2.75) is 20.3 Å². The van der Waals surface area contributed by atoms with E-state index in [9.17, 15) is 9.59 Å². The molecule has 0 atom stereocenters. The average Bonchev–Trinajstić information content (AvgIpc) is 2.19. The van der Waals surface area contributed by atoms with E-state index in [0.29, 0.717) is 5.75 Å². The number of esters is 1. The maximum absolute atomic E-state index is 10.4. The molecule has 0 bridgehead atoms. The lowest BCUT2D eigenvalue weighted by molar-refractivity contribution is -0.136. The van der Waals surface area contributed by atoms with Crippen LogP contribution in [0.2, 0.25) is 0 Å². The van der Waals surface area contributed by atoms with Gasteiger partial charge in [0, 0.05) is 13.3 Å². The van der Waals surface area contributed by atoms with Gasteiger partial charge >= 0.3 is 11.9 Å². The van der Waals surface area contributed by atoms with Crippen molar-refractivity contribution in [2.24, 2.45) is 0 Å². The minimum atomic E-state index is -0.745. The van der Waals surface area contributed by atoms with E-state index < -0.39 is 5.97 Å². The molecular weight excluding hydrogens is 196 g/mol. The van der Waals surface area contributed by atoms with Crippen LogP contribution in [-0.2, 0) is 9.59 Å². The maximum Gasteiger partial charge on any atom is 0.308 e. The van der Waals surface area contributed by atoms with Gasteiger partial charge in [0.2, 0.25) is 0 Å². The molecule has 0 fully saturated rings. The van der Waals surface area contributed by atoms with Crippen molar-refractivity contribution in [1.29, 1.82) is 0 Å². The molecule has 1 N–H and O–H groups in total. The molecule has 1 aromatic rings. The zero-order valence-electron chi connectivity index (χ0n) is 8.77. The van der Waals surface area contributed by atoms with Crippen LogP contribution in [0.3, 0.4) is 0 Å². The standard InChI is InChI=1S/C8H8O2.C3H6O2/c1-7(9)10-8-5-3-2-4-6-8;1-2-3(4)5/h2-6H,1H3;2H2,1H3,(H,4,5). The second-order valence-electron chi connectivity index (χ2n) is 2.65. The van der Waals surface area contributed by atoms with Crippen molar-refractivity contribution < 1.29 is 19.4 Å². The normalized spacial score (nSPS) is 8.40. The van der Waals surface area contributed by atoms with Crippen molar-refractivity contribution >= 4 is 11.9 Å². The number of carboxylic acid groups (broad SMARTS) is 1. The molecule has 15 heavy (non-hydrogen) atoms. The fraction of sp³-hybridized carbons (Fsp3) is 0.273. The number of carbonyl (C=O) groups is 2. The zero-order chi connectivity index (χ0) is 11.7. The van der Waals surface area contributed by atoms with Crippen LogP contribution in [0.15, 0.2) is 30.3 Å². The van der Waals surface area contributed by atoms with E-state index in [-0.39, 0.29) is 12.4 Å². The quantitative estimate of drug-likeness (QED) is 0.599. The highest BCUT2D eigenvalue weighted by Crippen LogP contribution is 2.07. The molecule has 0 unspecified atom stereocenters. The molecule has 82 valence electrons. The van der Waals surface area contributed by atoms with Crippen LogP contribution < -0.4 is 4.74 Å². The lowest BCUT2D eigenvalue weighted by Gasteiger charge is -1.97. The molecule has 0 aromatic heterocycles. The average molecular weight is 210 g/mol. The highest BCUT2D eigenvalue weighted by atomic mass is 16.5. The molecular formula is C11H14O4. The van der Waals surface area contributed by atoms with E-state index in [4.69, 9.17) is 9.84 Å². The minimum absolute atomic E-state index is 0.222. The largest absolute Gasteiger partial charge is 0.481 e. The van der Waals surface area contributed by atoms with Gasteiger partial charge in [0.05, 0.1) is 0 Å². The predicted octanol–water partition coefficient (Wildman–Crippen LogP) is 2.09. The first kappa shape index (κ1) is 13.2. The number of aliphatic carboxylic acids is 1. The minimum Gasteiger partial charge on any atom is -0.481 e. The highest BCUT2D eigenvalue weighted by Gasteiger charge is 1.92. The zero-order valence-corrected chi connectivity index (χ0v) is 8.77. The van der Waals surface area contributed by atoms with Crippen LogP contribution in [0.1, 0.15) is 20.3 Å². The monoisotopic (exact) mass is 210 g/mol. The van der Waals surface area contributed by atoms with Gasteiger partial charge in [-0.1, -0.05) is 25.1 Å². The molecule has 0 heterocycles. The summed E-state index contributed by atoms with van der Waals surface area (Å²) in [5.41, 5.74) is 0. The summed E-state index contributed by atoms with van der Waals surface area (Å²) in [6.07, 6.45) is 0.222. The maximum atomic E-state index is 10.4. The van der Waals surface area contributed by atoms with Crippen molar-refractivity contribution in [3.63, 3.8) is 0 Å². The molecule has 0 aliphatic rings. The lowest BCUT2D eigenvalue weighted by atomic mass is 10.3. The molecule has 4 heteroatoms. The fourth-order valence-electron chi connectivity index (χ4n) is 0.655. The van der Waals surface area contributed by atoms with Gasteiger partial charge < -0.3 is 9.84 Å². The van der Waals surface area contributed by atoms with Crippen LogP contribution in [0, 0.1) is 0 Å². The first-order valence-electron chi connectivity index (χ1n) is 4.51. The smallest absolute Gasteiger partial charge is 0.308 e. The summed E-state index contributed by atoms with van der Waals surface area (Å²) in [4.78, 5) is 19.8. The summed E-state index contributed by atoms with van der Waals surface area (Å²) in [6.45, 7) is 2.98.